The van der Waals surface area contributed by atoms with E-state index in [1.54, 1.807) is 21.9 Å². The summed E-state index contributed by atoms with van der Waals surface area (Å²) in [5, 5.41) is 18.4. The number of alkyl halides is 6. The molecule has 0 aromatic heterocycles. The number of aliphatic hydroxyl groups is 2. The molecular formula is C54H66F6N4O6. The molecule has 2 N–H and O–H groups in total. The van der Waals surface area contributed by atoms with Gasteiger partial charge in [-0.15, -0.1) is 0 Å². The van der Waals surface area contributed by atoms with Crippen LogP contribution in [0.4, 0.5) is 26.3 Å². The topological polar surface area (TPSA) is 106 Å². The lowest BCUT2D eigenvalue weighted by Crippen LogP contribution is -2.49. The number of hydrogen-bond acceptors (Lipinski definition) is 10. The van der Waals surface area contributed by atoms with Crippen molar-refractivity contribution in [3.05, 3.63) is 129 Å². The van der Waals surface area contributed by atoms with E-state index in [1.807, 2.05) is 86.6 Å². The largest absolute Gasteiger partial charge is 0.492 e. The van der Waals surface area contributed by atoms with Gasteiger partial charge >= 0.3 is 0 Å². The van der Waals surface area contributed by atoms with Crippen LogP contribution < -0.4 is 9.47 Å². The summed E-state index contributed by atoms with van der Waals surface area (Å²) in [6, 6.07) is 24.5. The van der Waals surface area contributed by atoms with Gasteiger partial charge in [-0.05, 0) is 110 Å². The first-order valence-corrected chi connectivity index (χ1v) is 24.2. The number of benzene rings is 4. The van der Waals surface area contributed by atoms with Crippen LogP contribution in [-0.2, 0) is 12.8 Å². The maximum absolute atomic E-state index is 14.3. The van der Waals surface area contributed by atoms with E-state index in [0.717, 1.165) is 72.6 Å². The fourth-order valence-electron chi connectivity index (χ4n) is 10.1. The molecule has 0 aliphatic carbocycles. The van der Waals surface area contributed by atoms with E-state index in [-0.39, 0.29) is 48.8 Å². The highest BCUT2D eigenvalue weighted by atomic mass is 19.3. The van der Waals surface area contributed by atoms with E-state index in [1.165, 1.54) is 13.8 Å². The van der Waals surface area contributed by atoms with Crippen LogP contribution in [0, 0.1) is 11.8 Å². The van der Waals surface area contributed by atoms with Crippen molar-refractivity contribution in [2.24, 2.45) is 11.8 Å². The molecule has 0 amide bonds. The van der Waals surface area contributed by atoms with Crippen LogP contribution in [0.5, 0.6) is 11.5 Å². The summed E-state index contributed by atoms with van der Waals surface area (Å²) in [7, 11) is 0. The van der Waals surface area contributed by atoms with Crippen molar-refractivity contribution in [2.75, 3.05) is 92.1 Å². The van der Waals surface area contributed by atoms with Gasteiger partial charge in [-0.3, -0.25) is 38.0 Å². The molecule has 4 heterocycles. The maximum Gasteiger partial charge on any atom is 0.283 e. The van der Waals surface area contributed by atoms with Crippen molar-refractivity contribution in [2.45, 2.75) is 76.5 Å². The molecule has 10 nitrogen and oxygen atoms in total. The predicted molar refractivity (Wildman–Crippen MR) is 256 cm³/mol. The van der Waals surface area contributed by atoms with Crippen LogP contribution in [-0.4, -0.2) is 157 Å². The number of aliphatic hydroxyl groups excluding tert-OH is 2. The SMILES string of the molecule is CC(=O)c1ccc2c(c1)C[C@@H](C)N(CC(F)(F)CO)[C@@H]2c1ccc(OCCN2CC(CF)C2)cc1.CC(=O)c1ccc2c(c1)C[C@H](C)N(CC(F)(F)CO)[C@H]2c1ccc(OCCN2CC(CF)C2)cc1. The number of likely N-dealkylation sites (tertiary alicyclic amines) is 2. The number of halogens is 6. The van der Waals surface area contributed by atoms with E-state index in [4.69, 9.17) is 9.47 Å². The summed E-state index contributed by atoms with van der Waals surface area (Å²) >= 11 is 0. The molecule has 2 saturated heterocycles. The second-order valence-corrected chi connectivity index (χ2v) is 19.6. The molecule has 0 bridgehead atoms. The van der Waals surface area contributed by atoms with Gasteiger partial charge in [0, 0.05) is 74.3 Å². The molecule has 0 unspecified atom stereocenters. The number of rotatable bonds is 20. The highest BCUT2D eigenvalue weighted by molar-refractivity contribution is 5.94. The minimum Gasteiger partial charge on any atom is -0.492 e. The standard InChI is InChI=1S/2C27H33F3N2O3/c2*1-18-11-23-12-22(19(2)34)5-8-25(23)26(32(18)16-27(29,30)17-33)21-3-6-24(7-4-21)35-10-9-31-14-20(13-28)15-31/h2*3-8,12,18,20,26,33H,9-11,13-17H2,1-2H3/t2*18-,26-/m10/s1. The fourth-order valence-corrected chi connectivity index (χ4v) is 10.1. The second kappa shape index (κ2) is 23.1. The smallest absolute Gasteiger partial charge is 0.283 e. The monoisotopic (exact) mass is 980 g/mol. The number of carbonyl (C=O) groups excluding carboxylic acids is 2. The van der Waals surface area contributed by atoms with Crippen molar-refractivity contribution in [3.8, 4) is 11.5 Å². The first-order chi connectivity index (χ1) is 33.4. The zero-order valence-corrected chi connectivity index (χ0v) is 40.4. The zero-order valence-electron chi connectivity index (χ0n) is 40.4. The van der Waals surface area contributed by atoms with E-state index in [2.05, 4.69) is 9.80 Å². The molecule has 4 atom stereocenters. The van der Waals surface area contributed by atoms with Crippen molar-refractivity contribution in [1.29, 1.82) is 0 Å². The molecule has 0 spiro atoms. The number of ether oxygens (including phenoxy) is 2. The lowest BCUT2D eigenvalue weighted by atomic mass is 9.83. The molecule has 380 valence electrons. The van der Waals surface area contributed by atoms with Crippen LogP contribution in [0.2, 0.25) is 0 Å². The number of nitrogens with zero attached hydrogens (tertiary/aromatic N) is 4. The van der Waals surface area contributed by atoms with Gasteiger partial charge in [-0.1, -0.05) is 48.5 Å². The maximum atomic E-state index is 14.3. The van der Waals surface area contributed by atoms with Crippen molar-refractivity contribution in [1.82, 2.24) is 19.6 Å². The molecular weight excluding hydrogens is 915 g/mol. The number of hydrogen-bond donors (Lipinski definition) is 2. The van der Waals surface area contributed by atoms with E-state index in [9.17, 15) is 46.1 Å². The molecule has 16 heteroatoms. The quantitative estimate of drug-likeness (QED) is 0.0665. The normalized spacial score (nSPS) is 21.4. The second-order valence-electron chi connectivity index (χ2n) is 19.6. The molecule has 70 heavy (non-hydrogen) atoms. The Labute approximate surface area is 407 Å². The molecule has 4 aromatic carbocycles. The highest BCUT2D eigenvalue weighted by Crippen LogP contribution is 2.42. The Kier molecular flexibility index (Phi) is 17.5. The van der Waals surface area contributed by atoms with Gasteiger partial charge in [0.25, 0.3) is 11.8 Å². The first kappa shape index (κ1) is 53.0. The summed E-state index contributed by atoms with van der Waals surface area (Å²) in [5.74, 6) is -4.89. The number of Topliss-reactive ketones (excluding diaryl/α,β-unsaturated/α-hetero) is 2. The van der Waals surface area contributed by atoms with Crippen LogP contribution in [0.1, 0.15) is 93.9 Å². The third kappa shape index (κ3) is 13.0. The minimum absolute atomic E-state index is 0.0359. The molecule has 4 aromatic rings. The number of fused-ring (bicyclic) bond motifs is 2. The van der Waals surface area contributed by atoms with Gasteiger partial charge in [0.1, 0.15) is 37.9 Å². The number of carbonyl (C=O) groups is 2. The summed E-state index contributed by atoms with van der Waals surface area (Å²) in [4.78, 5) is 31.6. The Morgan fingerprint density at radius 3 is 1.26 bits per heavy atom. The van der Waals surface area contributed by atoms with Crippen molar-refractivity contribution >= 4 is 11.6 Å². The van der Waals surface area contributed by atoms with Gasteiger partial charge in [-0.2, -0.15) is 0 Å². The molecule has 8 rings (SSSR count). The summed E-state index contributed by atoms with van der Waals surface area (Å²) in [6.07, 6.45) is 1.07. The molecule has 4 aliphatic heterocycles. The Morgan fingerprint density at radius 1 is 0.586 bits per heavy atom. The molecule has 4 aliphatic rings. The van der Waals surface area contributed by atoms with E-state index >= 15 is 0 Å². The average Bonchev–Trinajstić information content (AvgIpc) is 3.31. The molecule has 2 fully saturated rings. The minimum atomic E-state index is -3.23. The van der Waals surface area contributed by atoms with Crippen LogP contribution in [0.25, 0.3) is 0 Å². The van der Waals surface area contributed by atoms with Crippen molar-refractivity contribution in [3.63, 3.8) is 0 Å². The van der Waals surface area contributed by atoms with Crippen LogP contribution in [0.15, 0.2) is 84.9 Å². The average molecular weight is 981 g/mol. The van der Waals surface area contributed by atoms with Crippen LogP contribution >= 0.6 is 0 Å². The summed E-state index contributed by atoms with van der Waals surface area (Å²) in [5.41, 5.74) is 6.60. The Bertz CT molecular complexity index is 2210. The van der Waals surface area contributed by atoms with Gasteiger partial charge < -0.3 is 19.7 Å². The van der Waals surface area contributed by atoms with Gasteiger partial charge in [-0.25, -0.2) is 17.6 Å². The first-order valence-electron chi connectivity index (χ1n) is 24.2. The third-order valence-electron chi connectivity index (χ3n) is 14.1. The summed E-state index contributed by atoms with van der Waals surface area (Å²) < 4.78 is 94.1. The van der Waals surface area contributed by atoms with E-state index < -0.39 is 50.2 Å². The molecule has 0 radical (unpaired) electrons. The number of ketones is 2. The Hall–Kier alpha value is -4.84. The van der Waals surface area contributed by atoms with Gasteiger partial charge in [0.05, 0.1) is 38.5 Å². The Balaban J connectivity index is 0.000000206. The lowest BCUT2D eigenvalue weighted by Gasteiger charge is -2.43. The Morgan fingerprint density at radius 2 is 0.943 bits per heavy atom. The van der Waals surface area contributed by atoms with Gasteiger partial charge in [0.2, 0.25) is 0 Å². The third-order valence-corrected chi connectivity index (χ3v) is 14.1. The zero-order chi connectivity index (χ0) is 50.3. The molecule has 0 saturated carbocycles. The lowest BCUT2D eigenvalue weighted by molar-refractivity contribution is -0.0864. The van der Waals surface area contributed by atoms with Crippen LogP contribution in [0.3, 0.4) is 0 Å². The van der Waals surface area contributed by atoms with Gasteiger partial charge in [0.15, 0.2) is 11.6 Å². The highest BCUT2D eigenvalue weighted by Gasteiger charge is 2.42. The fraction of sp³-hybridized carbons (Fsp3) is 0.519. The van der Waals surface area contributed by atoms with Crippen molar-refractivity contribution < 1.29 is 55.6 Å². The predicted octanol–water partition coefficient (Wildman–Crippen LogP) is 8.27. The van der Waals surface area contributed by atoms with E-state index in [0.29, 0.717) is 48.7 Å². The summed E-state index contributed by atoms with van der Waals surface area (Å²) in [6.45, 7) is 8.17.